The zero-order valence-corrected chi connectivity index (χ0v) is 14.5. The van der Waals surface area contributed by atoms with E-state index >= 15 is 0 Å². The molecule has 25 heavy (non-hydrogen) atoms. The summed E-state index contributed by atoms with van der Waals surface area (Å²) in [4.78, 5) is 4.25. The molecule has 0 aliphatic heterocycles. The molecule has 1 fully saturated rings. The Hall–Kier alpha value is -2.74. The van der Waals surface area contributed by atoms with Crippen molar-refractivity contribution in [2.75, 3.05) is 11.9 Å². The van der Waals surface area contributed by atoms with Gasteiger partial charge in [-0.2, -0.15) is 10.2 Å². The number of nitrogens with one attached hydrogen (secondary N) is 1. The summed E-state index contributed by atoms with van der Waals surface area (Å²) < 4.78 is 11.2. The van der Waals surface area contributed by atoms with Gasteiger partial charge in [-0.05, 0) is 43.5 Å². The number of hydrogen-bond donors (Lipinski definition) is 1. The Labute approximate surface area is 148 Å². The molecular formula is C20H23N3O2. The van der Waals surface area contributed by atoms with E-state index in [9.17, 15) is 5.26 Å². The molecule has 1 aromatic heterocycles. The SMILES string of the molecule is CCOc1ccc(/C=C/c2nc(C#N)c(NC3CCCCC3)o2)cc1. The van der Waals surface area contributed by atoms with E-state index in [4.69, 9.17) is 9.15 Å². The molecule has 1 N–H and O–H groups in total. The number of hydrogen-bond acceptors (Lipinski definition) is 5. The smallest absolute Gasteiger partial charge is 0.232 e. The van der Waals surface area contributed by atoms with Crippen molar-refractivity contribution in [3.8, 4) is 11.8 Å². The van der Waals surface area contributed by atoms with E-state index in [1.165, 1.54) is 19.3 Å². The van der Waals surface area contributed by atoms with E-state index in [0.717, 1.165) is 24.2 Å². The molecule has 5 heteroatoms. The Balaban J connectivity index is 1.68. The molecule has 1 aliphatic carbocycles. The van der Waals surface area contributed by atoms with Crippen molar-refractivity contribution >= 4 is 18.0 Å². The molecule has 0 amide bonds. The summed E-state index contributed by atoms with van der Waals surface area (Å²) in [6.45, 7) is 2.61. The van der Waals surface area contributed by atoms with Crippen LogP contribution in [0.1, 0.15) is 56.2 Å². The van der Waals surface area contributed by atoms with E-state index < -0.39 is 0 Å². The zero-order valence-electron chi connectivity index (χ0n) is 14.5. The van der Waals surface area contributed by atoms with Gasteiger partial charge in [0.2, 0.25) is 17.5 Å². The molecule has 5 nitrogen and oxygen atoms in total. The van der Waals surface area contributed by atoms with Gasteiger partial charge in [0.1, 0.15) is 11.8 Å². The van der Waals surface area contributed by atoms with Gasteiger partial charge < -0.3 is 14.5 Å². The van der Waals surface area contributed by atoms with Crippen LogP contribution in [0.2, 0.25) is 0 Å². The first-order chi connectivity index (χ1) is 12.3. The fourth-order valence-corrected chi connectivity index (χ4v) is 3.02. The van der Waals surface area contributed by atoms with Crippen LogP contribution >= 0.6 is 0 Å². The third kappa shape index (κ3) is 4.63. The van der Waals surface area contributed by atoms with Gasteiger partial charge in [0, 0.05) is 12.1 Å². The third-order valence-electron chi connectivity index (χ3n) is 4.30. The second kappa shape index (κ2) is 8.39. The fraction of sp³-hybridized carbons (Fsp3) is 0.400. The normalized spacial score (nSPS) is 15.2. The predicted octanol–water partition coefficient (Wildman–Crippen LogP) is 4.86. The molecule has 3 rings (SSSR count). The van der Waals surface area contributed by atoms with Crippen LogP contribution in [0.3, 0.4) is 0 Å². The van der Waals surface area contributed by atoms with Crippen LogP contribution in [0.4, 0.5) is 5.88 Å². The van der Waals surface area contributed by atoms with Crippen LogP contribution in [-0.2, 0) is 0 Å². The maximum absolute atomic E-state index is 9.28. The third-order valence-corrected chi connectivity index (χ3v) is 4.30. The molecule has 1 saturated carbocycles. The lowest BCUT2D eigenvalue weighted by molar-refractivity contribution is 0.340. The lowest BCUT2D eigenvalue weighted by Gasteiger charge is -2.22. The van der Waals surface area contributed by atoms with E-state index in [1.54, 1.807) is 6.08 Å². The monoisotopic (exact) mass is 337 g/mol. The number of nitriles is 1. The summed E-state index contributed by atoms with van der Waals surface area (Å²) in [5.41, 5.74) is 1.33. The number of benzene rings is 1. The van der Waals surface area contributed by atoms with Gasteiger partial charge in [0.25, 0.3) is 0 Å². The topological polar surface area (TPSA) is 71.1 Å². The Morgan fingerprint density at radius 2 is 2.00 bits per heavy atom. The highest BCUT2D eigenvalue weighted by Gasteiger charge is 2.18. The summed E-state index contributed by atoms with van der Waals surface area (Å²) in [5, 5.41) is 12.6. The van der Waals surface area contributed by atoms with Gasteiger partial charge in [0.05, 0.1) is 6.61 Å². The molecule has 1 heterocycles. The summed E-state index contributed by atoms with van der Waals surface area (Å²) >= 11 is 0. The van der Waals surface area contributed by atoms with Crippen molar-refractivity contribution in [3.63, 3.8) is 0 Å². The molecule has 1 aromatic carbocycles. The molecule has 2 aromatic rings. The summed E-state index contributed by atoms with van der Waals surface area (Å²) in [7, 11) is 0. The van der Waals surface area contributed by atoms with Crippen LogP contribution in [0, 0.1) is 11.3 Å². The zero-order chi connectivity index (χ0) is 17.5. The van der Waals surface area contributed by atoms with Crippen molar-refractivity contribution in [2.24, 2.45) is 0 Å². The minimum atomic E-state index is 0.317. The Morgan fingerprint density at radius 3 is 2.68 bits per heavy atom. The Bertz CT molecular complexity index is 750. The Kier molecular flexibility index (Phi) is 5.73. The molecule has 0 radical (unpaired) electrons. The lowest BCUT2D eigenvalue weighted by atomic mass is 9.95. The molecule has 0 unspecified atom stereocenters. The maximum atomic E-state index is 9.28. The minimum Gasteiger partial charge on any atom is -0.494 e. The maximum Gasteiger partial charge on any atom is 0.232 e. The number of rotatable bonds is 6. The van der Waals surface area contributed by atoms with Crippen LogP contribution in [0.5, 0.6) is 5.75 Å². The average molecular weight is 337 g/mol. The summed E-state index contributed by atoms with van der Waals surface area (Å²) in [6.07, 6.45) is 9.65. The molecule has 1 aliphatic rings. The Morgan fingerprint density at radius 1 is 1.24 bits per heavy atom. The van der Waals surface area contributed by atoms with E-state index in [2.05, 4.69) is 16.4 Å². The van der Waals surface area contributed by atoms with Gasteiger partial charge in [-0.15, -0.1) is 0 Å². The lowest BCUT2D eigenvalue weighted by Crippen LogP contribution is -2.22. The highest BCUT2D eigenvalue weighted by atomic mass is 16.5. The van der Waals surface area contributed by atoms with Crippen LogP contribution < -0.4 is 10.1 Å². The molecule has 0 atom stereocenters. The highest BCUT2D eigenvalue weighted by Crippen LogP contribution is 2.25. The largest absolute Gasteiger partial charge is 0.494 e. The van der Waals surface area contributed by atoms with Gasteiger partial charge >= 0.3 is 0 Å². The second-order valence-corrected chi connectivity index (χ2v) is 6.16. The minimum absolute atomic E-state index is 0.317. The van der Waals surface area contributed by atoms with Gasteiger partial charge in [0.15, 0.2) is 0 Å². The number of nitrogens with zero attached hydrogens (tertiary/aromatic N) is 2. The van der Waals surface area contributed by atoms with Crippen molar-refractivity contribution in [2.45, 2.75) is 45.1 Å². The summed E-state index contributed by atoms with van der Waals surface area (Å²) in [5.74, 6) is 1.77. The van der Waals surface area contributed by atoms with Crippen molar-refractivity contribution in [3.05, 3.63) is 41.4 Å². The molecule has 0 saturated heterocycles. The first kappa shape index (κ1) is 17.1. The first-order valence-corrected chi connectivity index (χ1v) is 8.87. The fourth-order valence-electron chi connectivity index (χ4n) is 3.02. The van der Waals surface area contributed by atoms with E-state index in [0.29, 0.717) is 30.1 Å². The quantitative estimate of drug-likeness (QED) is 0.815. The van der Waals surface area contributed by atoms with Gasteiger partial charge in [-0.1, -0.05) is 31.4 Å². The summed E-state index contributed by atoms with van der Waals surface area (Å²) in [6, 6.07) is 10.3. The van der Waals surface area contributed by atoms with Crippen molar-refractivity contribution in [1.82, 2.24) is 4.98 Å². The number of aromatic nitrogens is 1. The average Bonchev–Trinajstić information content (AvgIpc) is 3.04. The number of anilines is 1. The first-order valence-electron chi connectivity index (χ1n) is 8.87. The van der Waals surface area contributed by atoms with Gasteiger partial charge in [-0.3, -0.25) is 0 Å². The van der Waals surface area contributed by atoms with Crippen LogP contribution in [0.15, 0.2) is 28.7 Å². The molecular weight excluding hydrogens is 314 g/mol. The van der Waals surface area contributed by atoms with E-state index in [1.807, 2.05) is 37.3 Å². The van der Waals surface area contributed by atoms with E-state index in [-0.39, 0.29) is 0 Å². The molecule has 130 valence electrons. The standard InChI is InChI=1S/C20H23N3O2/c1-2-24-17-11-8-15(9-12-17)10-13-19-23-18(14-21)20(25-19)22-16-6-4-3-5-7-16/h8-13,16,22H,2-7H2,1H3/b13-10+. The highest BCUT2D eigenvalue weighted by molar-refractivity contribution is 5.67. The van der Waals surface area contributed by atoms with Crippen LogP contribution in [-0.4, -0.2) is 17.6 Å². The number of ether oxygens (including phenoxy) is 1. The predicted molar refractivity (Wildman–Crippen MR) is 98.3 cm³/mol. The molecule has 0 spiro atoms. The van der Waals surface area contributed by atoms with Crippen LogP contribution in [0.25, 0.3) is 12.2 Å². The number of oxazole rings is 1. The van der Waals surface area contributed by atoms with Gasteiger partial charge in [-0.25, -0.2) is 0 Å². The second-order valence-electron chi connectivity index (χ2n) is 6.16. The van der Waals surface area contributed by atoms with Crippen molar-refractivity contribution in [1.29, 1.82) is 5.26 Å². The van der Waals surface area contributed by atoms with Crippen molar-refractivity contribution < 1.29 is 9.15 Å². The molecule has 0 bridgehead atoms.